The first-order valence-electron chi connectivity index (χ1n) is 4.69. The van der Waals surface area contributed by atoms with Crippen LogP contribution in [0.4, 0.5) is 0 Å². The SMILES string of the molecule is N=C(N=C(N)N)SC1CCCNC(=O)C1. The van der Waals surface area contributed by atoms with Crippen molar-refractivity contribution in [2.45, 2.75) is 24.5 Å². The van der Waals surface area contributed by atoms with Gasteiger partial charge in [0, 0.05) is 18.2 Å². The number of amidine groups is 1. The van der Waals surface area contributed by atoms with E-state index in [4.69, 9.17) is 16.9 Å². The van der Waals surface area contributed by atoms with Crippen LogP contribution in [0.25, 0.3) is 0 Å². The number of carbonyl (C=O) groups is 1. The molecule has 0 aromatic rings. The highest BCUT2D eigenvalue weighted by atomic mass is 32.2. The number of carbonyl (C=O) groups excluding carboxylic acids is 1. The first kappa shape index (κ1) is 11.8. The van der Waals surface area contributed by atoms with Crippen molar-refractivity contribution in [1.82, 2.24) is 5.32 Å². The normalized spacial score (nSPS) is 21.3. The standard InChI is InChI=1S/C8H15N5OS/c9-7(10)13-8(11)15-5-2-1-3-12-6(14)4-5/h5H,1-4H2,(H,12,14)(H5,9,10,11,13). The molecule has 1 heterocycles. The van der Waals surface area contributed by atoms with E-state index in [-0.39, 0.29) is 22.3 Å². The number of hydrogen-bond acceptors (Lipinski definition) is 3. The van der Waals surface area contributed by atoms with Crippen LogP contribution in [-0.2, 0) is 4.79 Å². The van der Waals surface area contributed by atoms with Crippen LogP contribution in [0.5, 0.6) is 0 Å². The molecular formula is C8H15N5OS. The first-order valence-corrected chi connectivity index (χ1v) is 5.57. The van der Waals surface area contributed by atoms with Gasteiger partial charge in [-0.3, -0.25) is 10.2 Å². The second kappa shape index (κ2) is 5.59. The molecule has 0 saturated carbocycles. The second-order valence-electron chi connectivity index (χ2n) is 3.28. The Labute approximate surface area is 92.4 Å². The van der Waals surface area contributed by atoms with Gasteiger partial charge in [-0.2, -0.15) is 4.99 Å². The number of nitrogens with two attached hydrogens (primary N) is 2. The van der Waals surface area contributed by atoms with E-state index < -0.39 is 0 Å². The molecule has 0 spiro atoms. The lowest BCUT2D eigenvalue weighted by Crippen LogP contribution is -2.24. The van der Waals surface area contributed by atoms with Crippen molar-refractivity contribution < 1.29 is 4.79 Å². The predicted octanol–water partition coefficient (Wildman–Crippen LogP) is -0.404. The lowest BCUT2D eigenvalue weighted by atomic mass is 10.2. The third kappa shape index (κ3) is 4.68. The molecular weight excluding hydrogens is 214 g/mol. The summed E-state index contributed by atoms with van der Waals surface area (Å²) in [6.45, 7) is 0.714. The summed E-state index contributed by atoms with van der Waals surface area (Å²) in [5.74, 6) is -0.0897. The lowest BCUT2D eigenvalue weighted by Gasteiger charge is -2.10. The summed E-state index contributed by atoms with van der Waals surface area (Å²) in [5.41, 5.74) is 10.3. The molecule has 0 radical (unpaired) electrons. The average Bonchev–Trinajstić information content (AvgIpc) is 2.28. The fourth-order valence-corrected chi connectivity index (χ4v) is 2.33. The molecule has 0 bridgehead atoms. The Balaban J connectivity index is 2.46. The molecule has 0 aliphatic carbocycles. The highest BCUT2D eigenvalue weighted by molar-refractivity contribution is 8.14. The number of thioether (sulfide) groups is 1. The van der Waals surface area contributed by atoms with Crippen molar-refractivity contribution >= 4 is 28.8 Å². The summed E-state index contributed by atoms with van der Waals surface area (Å²) < 4.78 is 0. The molecule has 1 amide bonds. The van der Waals surface area contributed by atoms with Gasteiger partial charge in [-0.1, -0.05) is 11.8 Å². The van der Waals surface area contributed by atoms with Gasteiger partial charge >= 0.3 is 0 Å². The second-order valence-corrected chi connectivity index (χ2v) is 4.57. The maximum absolute atomic E-state index is 11.2. The Kier molecular flexibility index (Phi) is 4.41. The van der Waals surface area contributed by atoms with Crippen LogP contribution >= 0.6 is 11.8 Å². The van der Waals surface area contributed by atoms with Crippen molar-refractivity contribution in [3.63, 3.8) is 0 Å². The van der Waals surface area contributed by atoms with Crippen molar-refractivity contribution in [3.8, 4) is 0 Å². The van der Waals surface area contributed by atoms with Gasteiger partial charge in [-0.25, -0.2) is 0 Å². The number of rotatable bonds is 1. The number of nitrogens with zero attached hydrogens (tertiary/aromatic N) is 1. The summed E-state index contributed by atoms with van der Waals surface area (Å²) >= 11 is 1.24. The number of guanidine groups is 1. The minimum absolute atomic E-state index is 0.0301. The van der Waals surface area contributed by atoms with E-state index in [9.17, 15) is 4.79 Å². The average molecular weight is 229 g/mol. The fraction of sp³-hybridized carbons (Fsp3) is 0.625. The van der Waals surface area contributed by atoms with Crippen LogP contribution in [0.2, 0.25) is 0 Å². The smallest absolute Gasteiger partial charge is 0.221 e. The van der Waals surface area contributed by atoms with Crippen LogP contribution in [0, 0.1) is 5.41 Å². The lowest BCUT2D eigenvalue weighted by molar-refractivity contribution is -0.120. The van der Waals surface area contributed by atoms with Crippen LogP contribution < -0.4 is 16.8 Å². The van der Waals surface area contributed by atoms with Crippen LogP contribution in [0.15, 0.2) is 4.99 Å². The van der Waals surface area contributed by atoms with Gasteiger partial charge < -0.3 is 16.8 Å². The molecule has 7 heteroatoms. The van der Waals surface area contributed by atoms with Crippen LogP contribution in [-0.4, -0.2) is 28.8 Å². The number of aliphatic imine (C=N–C) groups is 1. The van der Waals surface area contributed by atoms with Crippen molar-refractivity contribution in [3.05, 3.63) is 0 Å². The minimum Gasteiger partial charge on any atom is -0.370 e. The third-order valence-electron chi connectivity index (χ3n) is 1.95. The van der Waals surface area contributed by atoms with Crippen molar-refractivity contribution in [2.75, 3.05) is 6.54 Å². The van der Waals surface area contributed by atoms with Gasteiger partial charge in [0.1, 0.15) is 0 Å². The van der Waals surface area contributed by atoms with E-state index in [1.165, 1.54) is 11.8 Å². The van der Waals surface area contributed by atoms with Gasteiger partial charge in [0.25, 0.3) is 0 Å². The minimum atomic E-state index is -0.120. The van der Waals surface area contributed by atoms with Gasteiger partial charge in [0.15, 0.2) is 11.1 Å². The topological polar surface area (TPSA) is 117 Å². The first-order chi connectivity index (χ1) is 7.08. The van der Waals surface area contributed by atoms with Crippen molar-refractivity contribution in [2.24, 2.45) is 16.5 Å². The Morgan fingerprint density at radius 3 is 3.00 bits per heavy atom. The molecule has 15 heavy (non-hydrogen) atoms. The van der Waals surface area contributed by atoms with Gasteiger partial charge in [0.05, 0.1) is 0 Å². The molecule has 1 unspecified atom stereocenters. The molecule has 1 aliphatic rings. The fourth-order valence-electron chi connectivity index (χ4n) is 1.34. The molecule has 6 N–H and O–H groups in total. The van der Waals surface area contributed by atoms with E-state index in [0.29, 0.717) is 13.0 Å². The zero-order valence-electron chi connectivity index (χ0n) is 8.32. The summed E-state index contributed by atoms with van der Waals surface area (Å²) in [6.07, 6.45) is 2.25. The van der Waals surface area contributed by atoms with E-state index in [2.05, 4.69) is 10.3 Å². The van der Waals surface area contributed by atoms with Gasteiger partial charge in [0.2, 0.25) is 5.91 Å². The van der Waals surface area contributed by atoms with E-state index in [0.717, 1.165) is 12.8 Å². The molecule has 1 saturated heterocycles. The van der Waals surface area contributed by atoms with Crippen molar-refractivity contribution in [1.29, 1.82) is 5.41 Å². The highest BCUT2D eigenvalue weighted by Crippen LogP contribution is 2.22. The summed E-state index contributed by atoms with van der Waals surface area (Å²) in [4.78, 5) is 14.8. The van der Waals surface area contributed by atoms with E-state index in [1.54, 1.807) is 0 Å². The Morgan fingerprint density at radius 2 is 2.33 bits per heavy atom. The largest absolute Gasteiger partial charge is 0.370 e. The van der Waals surface area contributed by atoms with Gasteiger partial charge in [-0.05, 0) is 12.8 Å². The zero-order valence-corrected chi connectivity index (χ0v) is 9.14. The maximum Gasteiger partial charge on any atom is 0.221 e. The third-order valence-corrected chi connectivity index (χ3v) is 3.00. The van der Waals surface area contributed by atoms with Crippen LogP contribution in [0.1, 0.15) is 19.3 Å². The maximum atomic E-state index is 11.2. The monoisotopic (exact) mass is 229 g/mol. The number of amides is 1. The Hall–Kier alpha value is -1.24. The molecule has 0 aromatic heterocycles. The molecule has 1 atom stereocenters. The Morgan fingerprint density at radius 1 is 1.60 bits per heavy atom. The highest BCUT2D eigenvalue weighted by Gasteiger charge is 2.19. The zero-order chi connectivity index (χ0) is 11.3. The van der Waals surface area contributed by atoms with E-state index >= 15 is 0 Å². The van der Waals surface area contributed by atoms with Gasteiger partial charge in [-0.15, -0.1) is 0 Å². The number of hydrogen-bond donors (Lipinski definition) is 4. The molecule has 0 aromatic carbocycles. The molecule has 84 valence electrons. The Bertz CT molecular complexity index is 287. The molecule has 1 fully saturated rings. The quantitative estimate of drug-likeness (QED) is 0.361. The summed E-state index contributed by atoms with van der Waals surface area (Å²) in [6, 6.07) is 0. The van der Waals surface area contributed by atoms with Crippen LogP contribution in [0.3, 0.4) is 0 Å². The predicted molar refractivity (Wildman–Crippen MR) is 61.8 cm³/mol. The molecule has 6 nitrogen and oxygen atoms in total. The summed E-state index contributed by atoms with van der Waals surface area (Å²) in [5, 5.41) is 10.4. The number of nitrogens with one attached hydrogen (secondary N) is 2. The molecule has 1 rings (SSSR count). The van der Waals surface area contributed by atoms with E-state index in [1.807, 2.05) is 0 Å². The summed E-state index contributed by atoms with van der Waals surface area (Å²) in [7, 11) is 0. The molecule has 1 aliphatic heterocycles.